The average Bonchev–Trinajstić information content (AvgIpc) is 2.33. The second kappa shape index (κ2) is 5.03. The molecule has 1 aliphatic rings. The third kappa shape index (κ3) is 2.16. The normalized spacial score (nSPS) is 20.8. The number of hydrogen-bond acceptors (Lipinski definition) is 4. The van der Waals surface area contributed by atoms with Gasteiger partial charge in [-0.3, -0.25) is 0 Å². The van der Waals surface area contributed by atoms with E-state index in [1.807, 2.05) is 0 Å². The highest BCUT2D eigenvalue weighted by molar-refractivity contribution is 9.10. The van der Waals surface area contributed by atoms with E-state index >= 15 is 0 Å². The number of phenolic OH excluding ortho intramolecular Hbond substituents is 1. The number of aromatic hydroxyl groups is 1. The fourth-order valence-electron chi connectivity index (χ4n) is 1.83. The predicted octanol–water partition coefficient (Wildman–Crippen LogP) is 1.82. The number of phenols is 1. The Hall–Kier alpha value is -0.780. The Labute approximate surface area is 103 Å². The molecule has 16 heavy (non-hydrogen) atoms. The van der Waals surface area contributed by atoms with Gasteiger partial charge in [0, 0.05) is 23.1 Å². The lowest BCUT2D eigenvalue weighted by Crippen LogP contribution is -2.33. The molecule has 0 aliphatic carbocycles. The van der Waals surface area contributed by atoms with Gasteiger partial charge in [-0.15, -0.1) is 0 Å². The van der Waals surface area contributed by atoms with E-state index in [-0.39, 0.29) is 11.9 Å². The smallest absolute Gasteiger partial charge is 0.167 e. The summed E-state index contributed by atoms with van der Waals surface area (Å²) in [6.07, 6.45) is -0.0924. The SMILES string of the molecule is COc1c(O)ccc(Br)c1C1CNCCO1. The van der Waals surface area contributed by atoms with Gasteiger partial charge in [0.05, 0.1) is 19.8 Å². The standard InChI is InChI=1S/C11H14BrNO3/c1-15-11-8(14)3-2-7(12)10(11)9-6-13-4-5-16-9/h2-3,9,13-14H,4-6H2,1H3. The Morgan fingerprint density at radius 1 is 1.56 bits per heavy atom. The second-order valence-corrected chi connectivity index (χ2v) is 4.43. The minimum Gasteiger partial charge on any atom is -0.504 e. The Morgan fingerprint density at radius 3 is 3.00 bits per heavy atom. The van der Waals surface area contributed by atoms with Crippen LogP contribution in [0.15, 0.2) is 16.6 Å². The zero-order chi connectivity index (χ0) is 11.5. The van der Waals surface area contributed by atoms with Crippen molar-refractivity contribution in [3.63, 3.8) is 0 Å². The quantitative estimate of drug-likeness (QED) is 0.871. The molecule has 5 heteroatoms. The summed E-state index contributed by atoms with van der Waals surface area (Å²) in [6, 6.07) is 3.40. The van der Waals surface area contributed by atoms with Crippen molar-refractivity contribution in [2.45, 2.75) is 6.10 Å². The van der Waals surface area contributed by atoms with Crippen molar-refractivity contribution in [3.8, 4) is 11.5 Å². The number of morpholine rings is 1. The van der Waals surface area contributed by atoms with Crippen molar-refractivity contribution in [1.82, 2.24) is 5.32 Å². The summed E-state index contributed by atoms with van der Waals surface area (Å²) in [5.74, 6) is 0.609. The van der Waals surface area contributed by atoms with Crippen LogP contribution in [0.5, 0.6) is 11.5 Å². The summed E-state index contributed by atoms with van der Waals surface area (Å²) < 4.78 is 11.8. The Morgan fingerprint density at radius 2 is 2.38 bits per heavy atom. The van der Waals surface area contributed by atoms with Gasteiger partial charge in [0.15, 0.2) is 11.5 Å². The van der Waals surface area contributed by atoms with E-state index in [0.29, 0.717) is 12.4 Å². The molecule has 88 valence electrons. The van der Waals surface area contributed by atoms with Gasteiger partial charge in [0.2, 0.25) is 0 Å². The van der Waals surface area contributed by atoms with Crippen LogP contribution < -0.4 is 10.1 Å². The monoisotopic (exact) mass is 287 g/mol. The van der Waals surface area contributed by atoms with Gasteiger partial charge in [-0.05, 0) is 12.1 Å². The van der Waals surface area contributed by atoms with Crippen LogP contribution in [0.3, 0.4) is 0 Å². The van der Waals surface area contributed by atoms with Gasteiger partial charge in [0.1, 0.15) is 0 Å². The van der Waals surface area contributed by atoms with E-state index in [1.165, 1.54) is 0 Å². The van der Waals surface area contributed by atoms with Crippen LogP contribution in [0, 0.1) is 0 Å². The minimum atomic E-state index is -0.0924. The fraction of sp³-hybridized carbons (Fsp3) is 0.455. The molecule has 0 saturated carbocycles. The van der Waals surface area contributed by atoms with E-state index in [9.17, 15) is 5.11 Å². The van der Waals surface area contributed by atoms with Gasteiger partial charge in [0.25, 0.3) is 0 Å². The van der Waals surface area contributed by atoms with Crippen molar-refractivity contribution in [1.29, 1.82) is 0 Å². The molecule has 1 unspecified atom stereocenters. The molecular weight excluding hydrogens is 274 g/mol. The lowest BCUT2D eigenvalue weighted by atomic mass is 10.1. The molecule has 2 rings (SSSR count). The molecule has 1 fully saturated rings. The number of nitrogens with one attached hydrogen (secondary N) is 1. The largest absolute Gasteiger partial charge is 0.504 e. The van der Waals surface area contributed by atoms with Crippen molar-refractivity contribution in [2.75, 3.05) is 26.8 Å². The van der Waals surface area contributed by atoms with Crippen molar-refractivity contribution >= 4 is 15.9 Å². The number of ether oxygens (including phenoxy) is 2. The van der Waals surface area contributed by atoms with Gasteiger partial charge < -0.3 is 19.9 Å². The highest BCUT2D eigenvalue weighted by Gasteiger charge is 2.24. The lowest BCUT2D eigenvalue weighted by molar-refractivity contribution is 0.0256. The first-order valence-corrected chi connectivity index (χ1v) is 5.91. The number of benzene rings is 1. The van der Waals surface area contributed by atoms with E-state index in [4.69, 9.17) is 9.47 Å². The molecule has 0 bridgehead atoms. The molecule has 1 saturated heterocycles. The van der Waals surface area contributed by atoms with Gasteiger partial charge in [-0.1, -0.05) is 15.9 Å². The molecule has 4 nitrogen and oxygen atoms in total. The van der Waals surface area contributed by atoms with E-state index in [2.05, 4.69) is 21.2 Å². The zero-order valence-electron chi connectivity index (χ0n) is 9.00. The van der Waals surface area contributed by atoms with Gasteiger partial charge in [-0.2, -0.15) is 0 Å². The highest BCUT2D eigenvalue weighted by Crippen LogP contribution is 2.40. The summed E-state index contributed by atoms with van der Waals surface area (Å²) in [4.78, 5) is 0. The zero-order valence-corrected chi connectivity index (χ0v) is 10.6. The van der Waals surface area contributed by atoms with Crippen molar-refractivity contribution in [2.24, 2.45) is 0 Å². The van der Waals surface area contributed by atoms with Crippen LogP contribution in [0.1, 0.15) is 11.7 Å². The molecule has 2 N–H and O–H groups in total. The van der Waals surface area contributed by atoms with Crippen LogP contribution in [-0.2, 0) is 4.74 Å². The summed E-state index contributed by atoms with van der Waals surface area (Å²) >= 11 is 3.46. The predicted molar refractivity (Wildman–Crippen MR) is 63.9 cm³/mol. The topological polar surface area (TPSA) is 50.7 Å². The summed E-state index contributed by atoms with van der Waals surface area (Å²) in [7, 11) is 1.54. The van der Waals surface area contributed by atoms with E-state index < -0.39 is 0 Å². The first kappa shape index (κ1) is 11.7. The Balaban J connectivity index is 2.40. The van der Waals surface area contributed by atoms with Crippen LogP contribution in [0.2, 0.25) is 0 Å². The Kier molecular flexibility index (Phi) is 3.68. The number of methoxy groups -OCH3 is 1. The number of rotatable bonds is 2. The minimum absolute atomic E-state index is 0.0924. The maximum absolute atomic E-state index is 9.72. The van der Waals surface area contributed by atoms with Gasteiger partial charge in [-0.25, -0.2) is 0 Å². The van der Waals surface area contributed by atoms with Crippen LogP contribution in [0.4, 0.5) is 0 Å². The van der Waals surface area contributed by atoms with Crippen LogP contribution >= 0.6 is 15.9 Å². The van der Waals surface area contributed by atoms with Crippen molar-refractivity contribution < 1.29 is 14.6 Å². The van der Waals surface area contributed by atoms with Crippen LogP contribution in [-0.4, -0.2) is 31.9 Å². The second-order valence-electron chi connectivity index (χ2n) is 3.58. The molecule has 0 spiro atoms. The number of halogens is 1. The Bertz CT molecular complexity index is 378. The van der Waals surface area contributed by atoms with Crippen LogP contribution in [0.25, 0.3) is 0 Å². The molecular formula is C11H14BrNO3. The maximum atomic E-state index is 9.72. The first-order valence-electron chi connectivity index (χ1n) is 5.11. The molecule has 0 amide bonds. The summed E-state index contributed by atoms with van der Waals surface area (Å²) in [5, 5.41) is 13.0. The molecule has 1 aliphatic heterocycles. The molecule has 1 aromatic rings. The fourth-order valence-corrected chi connectivity index (χ4v) is 2.40. The molecule has 0 radical (unpaired) electrons. The summed E-state index contributed by atoms with van der Waals surface area (Å²) in [6.45, 7) is 2.24. The summed E-state index contributed by atoms with van der Waals surface area (Å²) in [5.41, 5.74) is 0.856. The molecule has 1 aromatic carbocycles. The third-order valence-corrected chi connectivity index (χ3v) is 3.27. The molecule has 0 aromatic heterocycles. The number of hydrogen-bond donors (Lipinski definition) is 2. The molecule has 1 atom stereocenters. The maximum Gasteiger partial charge on any atom is 0.167 e. The van der Waals surface area contributed by atoms with Crippen molar-refractivity contribution in [3.05, 3.63) is 22.2 Å². The van der Waals surface area contributed by atoms with E-state index in [0.717, 1.165) is 23.1 Å². The van der Waals surface area contributed by atoms with Gasteiger partial charge >= 0.3 is 0 Å². The lowest BCUT2D eigenvalue weighted by Gasteiger charge is -2.26. The van der Waals surface area contributed by atoms with E-state index in [1.54, 1.807) is 19.2 Å². The highest BCUT2D eigenvalue weighted by atomic mass is 79.9. The average molecular weight is 288 g/mol. The third-order valence-electron chi connectivity index (χ3n) is 2.58. The first-order chi connectivity index (χ1) is 7.74. The molecule has 1 heterocycles.